The highest BCUT2D eigenvalue weighted by Gasteiger charge is 2.30. The highest BCUT2D eigenvalue weighted by molar-refractivity contribution is 7.92. The highest BCUT2D eigenvalue weighted by Crippen LogP contribution is 2.21. The van der Waals surface area contributed by atoms with Crippen LogP contribution in [0.25, 0.3) is 0 Å². The van der Waals surface area contributed by atoms with Gasteiger partial charge < -0.3 is 10.2 Å². The predicted octanol–water partition coefficient (Wildman–Crippen LogP) is 3.75. The van der Waals surface area contributed by atoms with E-state index in [2.05, 4.69) is 5.32 Å². The van der Waals surface area contributed by atoms with Crippen molar-refractivity contribution in [3.8, 4) is 0 Å². The number of rotatable bonds is 11. The number of nitrogens with zero attached hydrogens (tertiary/aromatic N) is 2. The molecule has 2 aromatic carbocycles. The lowest BCUT2D eigenvalue weighted by Gasteiger charge is -2.31. The highest BCUT2D eigenvalue weighted by atomic mass is 35.5. The summed E-state index contributed by atoms with van der Waals surface area (Å²) in [6, 6.07) is 13.1. The minimum absolute atomic E-state index is 0.0758. The summed E-state index contributed by atoms with van der Waals surface area (Å²) >= 11 is 6.30. The molecule has 2 rings (SSSR count). The van der Waals surface area contributed by atoms with Gasteiger partial charge in [-0.1, -0.05) is 60.8 Å². The Kier molecular flexibility index (Phi) is 9.73. The zero-order valence-corrected chi connectivity index (χ0v) is 21.1. The standard InChI is InChI=1S/C24H32ClN3O4S/c1-5-6-15-26-24(30)19(3)27(16-20-9-7-8-10-22(20)25)23(29)17-28(33(4,31)32)21-13-11-18(2)12-14-21/h7-14,19H,5-6,15-17H2,1-4H3,(H,26,30)/t19-/m0/s1. The van der Waals surface area contributed by atoms with Crippen molar-refractivity contribution in [2.75, 3.05) is 23.7 Å². The second-order valence-corrected chi connectivity index (χ2v) is 10.4. The third-order valence-electron chi connectivity index (χ3n) is 5.30. The van der Waals surface area contributed by atoms with E-state index in [-0.39, 0.29) is 12.5 Å². The molecule has 2 aromatic rings. The first kappa shape index (κ1) is 26.7. The Hall–Kier alpha value is -2.58. The summed E-state index contributed by atoms with van der Waals surface area (Å²) in [4.78, 5) is 27.6. The van der Waals surface area contributed by atoms with Crippen LogP contribution in [0.1, 0.15) is 37.8 Å². The molecule has 0 unspecified atom stereocenters. The molecular weight excluding hydrogens is 462 g/mol. The zero-order valence-electron chi connectivity index (χ0n) is 19.5. The first-order valence-electron chi connectivity index (χ1n) is 10.9. The molecule has 1 N–H and O–H groups in total. The molecule has 1 atom stereocenters. The fraction of sp³-hybridized carbons (Fsp3) is 0.417. The van der Waals surface area contributed by atoms with E-state index >= 15 is 0 Å². The molecule has 180 valence electrons. The Morgan fingerprint density at radius 3 is 2.30 bits per heavy atom. The minimum atomic E-state index is -3.74. The van der Waals surface area contributed by atoms with E-state index in [4.69, 9.17) is 11.6 Å². The number of benzene rings is 2. The van der Waals surface area contributed by atoms with Crippen molar-refractivity contribution in [2.45, 2.75) is 46.2 Å². The van der Waals surface area contributed by atoms with Crippen molar-refractivity contribution >= 4 is 39.1 Å². The Labute approximate surface area is 201 Å². The number of aryl methyl sites for hydroxylation is 1. The van der Waals surface area contributed by atoms with Gasteiger partial charge in [0.05, 0.1) is 11.9 Å². The number of unbranched alkanes of at least 4 members (excludes halogenated alkanes) is 1. The second kappa shape index (κ2) is 12.0. The van der Waals surface area contributed by atoms with Gasteiger partial charge in [0.1, 0.15) is 12.6 Å². The summed E-state index contributed by atoms with van der Waals surface area (Å²) in [7, 11) is -3.74. The fourth-order valence-electron chi connectivity index (χ4n) is 3.25. The van der Waals surface area contributed by atoms with Crippen molar-refractivity contribution in [2.24, 2.45) is 0 Å². The lowest BCUT2D eigenvalue weighted by atomic mass is 10.1. The fourth-order valence-corrected chi connectivity index (χ4v) is 4.30. The number of hydrogen-bond acceptors (Lipinski definition) is 4. The second-order valence-electron chi connectivity index (χ2n) is 8.04. The molecule has 9 heteroatoms. The van der Waals surface area contributed by atoms with Crippen LogP contribution in [0.5, 0.6) is 0 Å². The smallest absolute Gasteiger partial charge is 0.244 e. The molecule has 2 amide bonds. The number of hydrogen-bond donors (Lipinski definition) is 1. The van der Waals surface area contributed by atoms with Gasteiger partial charge in [-0.2, -0.15) is 0 Å². The van der Waals surface area contributed by atoms with Crippen LogP contribution in [-0.2, 0) is 26.2 Å². The molecule has 0 saturated heterocycles. The maximum Gasteiger partial charge on any atom is 0.244 e. The molecule has 0 spiro atoms. The molecule has 0 aliphatic rings. The van der Waals surface area contributed by atoms with Gasteiger partial charge in [-0.05, 0) is 44.0 Å². The summed E-state index contributed by atoms with van der Waals surface area (Å²) in [5.41, 5.74) is 2.02. The van der Waals surface area contributed by atoms with Gasteiger partial charge in [0.2, 0.25) is 21.8 Å². The van der Waals surface area contributed by atoms with E-state index in [1.54, 1.807) is 55.5 Å². The van der Waals surface area contributed by atoms with Crippen LogP contribution >= 0.6 is 11.6 Å². The quantitative estimate of drug-likeness (QED) is 0.483. The molecule has 0 fully saturated rings. The van der Waals surface area contributed by atoms with E-state index in [1.807, 2.05) is 13.8 Å². The van der Waals surface area contributed by atoms with Crippen LogP contribution in [0.3, 0.4) is 0 Å². The van der Waals surface area contributed by atoms with Crippen molar-refractivity contribution in [1.29, 1.82) is 0 Å². The van der Waals surface area contributed by atoms with Crippen molar-refractivity contribution in [3.05, 3.63) is 64.7 Å². The van der Waals surface area contributed by atoms with E-state index < -0.39 is 28.5 Å². The van der Waals surface area contributed by atoms with Crippen LogP contribution in [0, 0.1) is 6.92 Å². The molecule has 0 aromatic heterocycles. The number of halogens is 1. The number of nitrogens with one attached hydrogen (secondary N) is 1. The van der Waals surface area contributed by atoms with E-state index in [9.17, 15) is 18.0 Å². The van der Waals surface area contributed by atoms with Gasteiger partial charge in [0, 0.05) is 18.1 Å². The van der Waals surface area contributed by atoms with Crippen LogP contribution in [0.4, 0.5) is 5.69 Å². The lowest BCUT2D eigenvalue weighted by Crippen LogP contribution is -2.51. The average Bonchev–Trinajstić information content (AvgIpc) is 2.76. The van der Waals surface area contributed by atoms with Gasteiger partial charge in [0.15, 0.2) is 0 Å². The molecule has 0 aliphatic carbocycles. The number of sulfonamides is 1. The SMILES string of the molecule is CCCCNC(=O)[C@H](C)N(Cc1ccccc1Cl)C(=O)CN(c1ccc(C)cc1)S(C)(=O)=O. The maximum absolute atomic E-state index is 13.4. The monoisotopic (exact) mass is 493 g/mol. The summed E-state index contributed by atoms with van der Waals surface area (Å²) in [5, 5.41) is 3.31. The Morgan fingerprint density at radius 2 is 1.73 bits per heavy atom. The third kappa shape index (κ3) is 7.75. The van der Waals surface area contributed by atoms with Gasteiger partial charge in [-0.3, -0.25) is 13.9 Å². The molecule has 0 bridgehead atoms. The summed E-state index contributed by atoms with van der Waals surface area (Å²) in [6.45, 7) is 5.70. The summed E-state index contributed by atoms with van der Waals surface area (Å²) < 4.78 is 26.1. The van der Waals surface area contributed by atoms with Gasteiger partial charge in [-0.25, -0.2) is 8.42 Å². The molecule has 0 saturated carbocycles. The maximum atomic E-state index is 13.4. The Bertz CT molecular complexity index is 1060. The number of carbonyl (C=O) groups excluding carboxylic acids is 2. The molecule has 0 aliphatic heterocycles. The first-order valence-corrected chi connectivity index (χ1v) is 13.1. The van der Waals surface area contributed by atoms with Gasteiger partial charge in [0.25, 0.3) is 0 Å². The summed E-state index contributed by atoms with van der Waals surface area (Å²) in [5.74, 6) is -0.802. The van der Waals surface area contributed by atoms with Gasteiger partial charge >= 0.3 is 0 Å². The topological polar surface area (TPSA) is 86.8 Å². The molecule has 0 radical (unpaired) electrons. The Morgan fingerprint density at radius 1 is 1.09 bits per heavy atom. The van der Waals surface area contributed by atoms with Crippen molar-refractivity contribution in [1.82, 2.24) is 10.2 Å². The zero-order chi connectivity index (χ0) is 24.6. The summed E-state index contributed by atoms with van der Waals surface area (Å²) in [6.07, 6.45) is 2.81. The minimum Gasteiger partial charge on any atom is -0.354 e. The van der Waals surface area contributed by atoms with Crippen molar-refractivity contribution < 1.29 is 18.0 Å². The predicted molar refractivity (Wildman–Crippen MR) is 133 cm³/mol. The van der Waals surface area contributed by atoms with E-state index in [0.29, 0.717) is 22.8 Å². The number of carbonyl (C=O) groups is 2. The van der Waals surface area contributed by atoms with E-state index in [0.717, 1.165) is 29.0 Å². The molecular formula is C24H32ClN3O4S. The average molecular weight is 494 g/mol. The van der Waals surface area contributed by atoms with E-state index in [1.165, 1.54) is 4.90 Å². The Balaban J connectivity index is 2.35. The third-order valence-corrected chi connectivity index (χ3v) is 6.81. The largest absolute Gasteiger partial charge is 0.354 e. The van der Waals surface area contributed by atoms with Crippen LogP contribution in [0.15, 0.2) is 48.5 Å². The number of anilines is 1. The normalized spacial score (nSPS) is 12.2. The lowest BCUT2D eigenvalue weighted by molar-refractivity contribution is -0.139. The van der Waals surface area contributed by atoms with Crippen LogP contribution < -0.4 is 9.62 Å². The number of amides is 2. The van der Waals surface area contributed by atoms with Crippen molar-refractivity contribution in [3.63, 3.8) is 0 Å². The van der Waals surface area contributed by atoms with Crippen LogP contribution in [0.2, 0.25) is 5.02 Å². The molecule has 0 heterocycles. The van der Waals surface area contributed by atoms with Crippen LogP contribution in [-0.4, -0.2) is 50.5 Å². The molecule has 33 heavy (non-hydrogen) atoms. The molecule has 7 nitrogen and oxygen atoms in total. The first-order chi connectivity index (χ1) is 15.5. The van der Waals surface area contributed by atoms with Gasteiger partial charge in [-0.15, -0.1) is 0 Å².